The number of hydrogen-bond acceptors (Lipinski definition) is 7. The molecule has 2 aliphatic heterocycles. The summed E-state index contributed by atoms with van der Waals surface area (Å²) in [4.78, 5) is 35.4. The first kappa shape index (κ1) is 21.5. The zero-order valence-corrected chi connectivity index (χ0v) is 19.3. The van der Waals surface area contributed by atoms with Crippen LogP contribution in [0.3, 0.4) is 0 Å². The third-order valence-electron chi connectivity index (χ3n) is 5.96. The van der Waals surface area contributed by atoms with Gasteiger partial charge in [-0.15, -0.1) is 11.3 Å². The summed E-state index contributed by atoms with van der Waals surface area (Å²) in [6.07, 6.45) is 2.98. The lowest BCUT2D eigenvalue weighted by molar-refractivity contribution is -0.138. The van der Waals surface area contributed by atoms with E-state index in [1.54, 1.807) is 6.33 Å². The van der Waals surface area contributed by atoms with Crippen molar-refractivity contribution in [3.8, 4) is 11.3 Å². The number of carbonyl (C=O) groups excluding carboxylic acids is 2. The normalized spacial score (nSPS) is 19.3. The van der Waals surface area contributed by atoms with Gasteiger partial charge in [0.1, 0.15) is 6.33 Å². The molecule has 1 atom stereocenters. The van der Waals surface area contributed by atoms with Gasteiger partial charge in [0.25, 0.3) is 0 Å². The summed E-state index contributed by atoms with van der Waals surface area (Å²) >= 11 is 7.97. The van der Waals surface area contributed by atoms with E-state index in [-0.39, 0.29) is 37.3 Å². The van der Waals surface area contributed by atoms with Gasteiger partial charge in [-0.2, -0.15) is 0 Å². The molecule has 32 heavy (non-hydrogen) atoms. The number of aromatic nitrogens is 2. The molecule has 9 heteroatoms. The van der Waals surface area contributed by atoms with Crippen LogP contribution in [0.25, 0.3) is 21.5 Å². The summed E-state index contributed by atoms with van der Waals surface area (Å²) in [6.45, 7) is 4.72. The number of imide groups is 1. The fourth-order valence-corrected chi connectivity index (χ4v) is 5.74. The number of thiophene rings is 1. The minimum absolute atomic E-state index is 0.0887. The highest BCUT2D eigenvalue weighted by Crippen LogP contribution is 2.37. The number of nitrogens with zero attached hydrogens (tertiary/aromatic N) is 3. The van der Waals surface area contributed by atoms with Crippen molar-refractivity contribution in [1.29, 1.82) is 0 Å². The number of amides is 2. The molecule has 166 valence electrons. The average molecular weight is 471 g/mol. The monoisotopic (exact) mass is 470 g/mol. The minimum Gasteiger partial charge on any atom is -0.375 e. The van der Waals surface area contributed by atoms with Crippen LogP contribution in [0.1, 0.15) is 28.8 Å². The second-order valence-electron chi connectivity index (χ2n) is 8.17. The number of fused-ring (bicyclic) bond motifs is 1. The van der Waals surface area contributed by atoms with Gasteiger partial charge in [0.15, 0.2) is 0 Å². The Hall–Kier alpha value is -2.39. The Morgan fingerprint density at radius 1 is 1.22 bits per heavy atom. The molecule has 0 spiro atoms. The third-order valence-corrected chi connectivity index (χ3v) is 7.29. The predicted molar refractivity (Wildman–Crippen MR) is 124 cm³/mol. The maximum absolute atomic E-state index is 12.1. The van der Waals surface area contributed by atoms with Gasteiger partial charge in [0.2, 0.25) is 11.8 Å². The van der Waals surface area contributed by atoms with Crippen molar-refractivity contribution in [3.63, 3.8) is 0 Å². The number of halogens is 1. The summed E-state index contributed by atoms with van der Waals surface area (Å²) in [7, 11) is 0. The molecule has 2 amide bonds. The largest absolute Gasteiger partial charge is 0.375 e. The molecule has 0 radical (unpaired) electrons. The number of nitrogens with one attached hydrogen (secondary N) is 1. The number of ether oxygens (including phenoxy) is 1. The predicted octanol–water partition coefficient (Wildman–Crippen LogP) is 3.50. The van der Waals surface area contributed by atoms with Crippen LogP contribution in [0, 0.1) is 6.92 Å². The molecular weight excluding hydrogens is 448 g/mol. The molecule has 2 aliphatic rings. The molecule has 1 N–H and O–H groups in total. The van der Waals surface area contributed by atoms with Crippen molar-refractivity contribution in [2.24, 2.45) is 0 Å². The Labute approximate surface area is 194 Å². The standard InChI is InChI=1S/C23H23ClN4O3S/c1-13-6-14(24)7-18(17(13)8-15-10-25-4-5-31-15)22-23-19(26-12-27-22)9-16(32-23)11-28-20(29)2-3-21(28)30/h6-7,9,12,15,25H,2-5,8,10-11H2,1H3/t15-/m0/s1. The van der Waals surface area contributed by atoms with Crippen molar-refractivity contribution in [2.75, 3.05) is 19.7 Å². The highest BCUT2D eigenvalue weighted by Gasteiger charge is 2.29. The van der Waals surface area contributed by atoms with Crippen LogP contribution in [0.15, 0.2) is 24.5 Å². The van der Waals surface area contributed by atoms with Crippen molar-refractivity contribution >= 4 is 45.0 Å². The molecule has 3 aromatic rings. The summed E-state index contributed by atoms with van der Waals surface area (Å²) in [5.41, 5.74) is 4.84. The van der Waals surface area contributed by atoms with Gasteiger partial charge in [0.05, 0.1) is 35.2 Å². The van der Waals surface area contributed by atoms with E-state index < -0.39 is 0 Å². The van der Waals surface area contributed by atoms with Gasteiger partial charge in [-0.1, -0.05) is 11.6 Å². The molecule has 2 saturated heterocycles. The van der Waals surface area contributed by atoms with Crippen LogP contribution in [0.4, 0.5) is 0 Å². The second kappa shape index (κ2) is 8.86. The van der Waals surface area contributed by atoms with Gasteiger partial charge in [-0.3, -0.25) is 14.5 Å². The van der Waals surface area contributed by atoms with E-state index in [4.69, 9.17) is 16.3 Å². The highest BCUT2D eigenvalue weighted by molar-refractivity contribution is 7.19. The number of carbonyl (C=O) groups is 2. The number of benzene rings is 1. The molecule has 4 heterocycles. The first-order chi connectivity index (χ1) is 15.5. The number of rotatable bonds is 5. The van der Waals surface area contributed by atoms with Gasteiger partial charge >= 0.3 is 0 Å². The van der Waals surface area contributed by atoms with Crippen LogP contribution >= 0.6 is 22.9 Å². The lowest BCUT2D eigenvalue weighted by Gasteiger charge is -2.25. The van der Waals surface area contributed by atoms with Gasteiger partial charge < -0.3 is 10.1 Å². The molecule has 2 fully saturated rings. The molecule has 5 rings (SSSR count). The molecule has 0 saturated carbocycles. The molecular formula is C23H23ClN4O3S. The van der Waals surface area contributed by atoms with E-state index in [2.05, 4.69) is 22.2 Å². The van der Waals surface area contributed by atoms with E-state index in [9.17, 15) is 9.59 Å². The highest BCUT2D eigenvalue weighted by atomic mass is 35.5. The van der Waals surface area contributed by atoms with Crippen molar-refractivity contribution in [1.82, 2.24) is 20.2 Å². The van der Waals surface area contributed by atoms with Crippen LogP contribution in [0.2, 0.25) is 5.02 Å². The molecule has 1 aromatic carbocycles. The Balaban J connectivity index is 1.55. The van der Waals surface area contributed by atoms with Crippen LogP contribution in [-0.2, 0) is 27.3 Å². The molecule has 0 unspecified atom stereocenters. The van der Waals surface area contributed by atoms with Crippen molar-refractivity contribution in [2.45, 2.75) is 38.8 Å². The summed E-state index contributed by atoms with van der Waals surface area (Å²) in [5.74, 6) is -0.236. The maximum Gasteiger partial charge on any atom is 0.230 e. The van der Waals surface area contributed by atoms with E-state index >= 15 is 0 Å². The van der Waals surface area contributed by atoms with Crippen molar-refractivity contribution < 1.29 is 14.3 Å². The molecule has 7 nitrogen and oxygen atoms in total. The van der Waals surface area contributed by atoms with E-state index in [0.29, 0.717) is 11.6 Å². The van der Waals surface area contributed by atoms with Crippen LogP contribution in [0.5, 0.6) is 0 Å². The summed E-state index contributed by atoms with van der Waals surface area (Å²) in [6, 6.07) is 5.86. The quantitative estimate of drug-likeness (QED) is 0.574. The van der Waals surface area contributed by atoms with E-state index in [1.165, 1.54) is 16.2 Å². The molecule has 0 aliphatic carbocycles. The summed E-state index contributed by atoms with van der Waals surface area (Å²) < 4.78 is 6.87. The summed E-state index contributed by atoms with van der Waals surface area (Å²) in [5, 5.41) is 4.04. The number of likely N-dealkylation sites (tertiary alicyclic amines) is 1. The van der Waals surface area contributed by atoms with Crippen molar-refractivity contribution in [3.05, 3.63) is 45.6 Å². The first-order valence-electron chi connectivity index (χ1n) is 10.7. The number of hydrogen-bond donors (Lipinski definition) is 1. The topological polar surface area (TPSA) is 84.4 Å². The maximum atomic E-state index is 12.1. The third kappa shape index (κ3) is 4.15. The van der Waals surface area contributed by atoms with Crippen LogP contribution in [-0.4, -0.2) is 52.5 Å². The Bertz CT molecular complexity index is 1190. The minimum atomic E-state index is -0.118. The number of aryl methyl sites for hydroxylation is 1. The Morgan fingerprint density at radius 2 is 2.03 bits per heavy atom. The second-order valence-corrected chi connectivity index (χ2v) is 9.75. The van der Waals surface area contributed by atoms with Gasteiger partial charge in [0, 0.05) is 47.8 Å². The SMILES string of the molecule is Cc1cc(Cl)cc(-c2ncnc3cc(CN4C(=O)CCC4=O)sc23)c1C[C@H]1CNCCO1. The lowest BCUT2D eigenvalue weighted by Crippen LogP contribution is -2.39. The van der Waals surface area contributed by atoms with E-state index in [0.717, 1.165) is 57.0 Å². The fraction of sp³-hybridized carbons (Fsp3) is 0.391. The fourth-order valence-electron chi connectivity index (χ4n) is 4.36. The molecule has 2 aromatic heterocycles. The van der Waals surface area contributed by atoms with Crippen LogP contribution < -0.4 is 5.32 Å². The Morgan fingerprint density at radius 3 is 2.78 bits per heavy atom. The van der Waals surface area contributed by atoms with Gasteiger partial charge in [-0.25, -0.2) is 9.97 Å². The van der Waals surface area contributed by atoms with E-state index in [1.807, 2.05) is 18.2 Å². The zero-order chi connectivity index (χ0) is 22.2. The molecule has 0 bridgehead atoms. The smallest absolute Gasteiger partial charge is 0.230 e. The number of morpholine rings is 1. The zero-order valence-electron chi connectivity index (χ0n) is 17.7. The Kier molecular flexibility index (Phi) is 5.94. The lowest BCUT2D eigenvalue weighted by atomic mass is 9.94. The first-order valence-corrected chi connectivity index (χ1v) is 11.9. The average Bonchev–Trinajstić information content (AvgIpc) is 3.34. The van der Waals surface area contributed by atoms with Gasteiger partial charge in [-0.05, 0) is 36.2 Å².